The van der Waals surface area contributed by atoms with Gasteiger partial charge in [0.05, 0.1) is 11.7 Å². The van der Waals surface area contributed by atoms with Gasteiger partial charge in [0.15, 0.2) is 0 Å². The predicted octanol–water partition coefficient (Wildman–Crippen LogP) is 4.46. The van der Waals surface area contributed by atoms with Crippen molar-refractivity contribution in [2.24, 2.45) is 0 Å². The van der Waals surface area contributed by atoms with Gasteiger partial charge in [0, 0.05) is 20.6 Å². The third kappa shape index (κ3) is 2.44. The summed E-state index contributed by atoms with van der Waals surface area (Å²) in [5, 5.41) is 12.9. The van der Waals surface area contributed by atoms with Gasteiger partial charge in [-0.2, -0.15) is 0 Å². The second kappa shape index (κ2) is 5.06. The fourth-order valence-electron chi connectivity index (χ4n) is 2.13. The maximum atomic E-state index is 9.45. The van der Waals surface area contributed by atoms with Crippen molar-refractivity contribution < 1.29 is 9.84 Å². The van der Waals surface area contributed by atoms with Gasteiger partial charge in [-0.25, -0.2) is 0 Å². The maximum Gasteiger partial charge on any atom is 0.128 e. The smallest absolute Gasteiger partial charge is 0.128 e. The van der Waals surface area contributed by atoms with Crippen molar-refractivity contribution in [3.8, 4) is 11.5 Å². The molecule has 0 aliphatic carbocycles. The first-order chi connectivity index (χ1) is 9.15. The van der Waals surface area contributed by atoms with Crippen LogP contribution in [0.3, 0.4) is 0 Å². The van der Waals surface area contributed by atoms with Crippen molar-refractivity contribution in [3.63, 3.8) is 0 Å². The Hall–Kier alpha value is -1.20. The SMILES string of the molecule is Oc1ccc2c(c1)OCC2Nc1c(Br)cccc1Br. The number of rotatable bonds is 2. The zero-order valence-corrected chi connectivity index (χ0v) is 13.0. The Balaban J connectivity index is 1.91. The molecule has 1 aliphatic heterocycles. The molecular formula is C14H11Br2NO2. The minimum atomic E-state index is 0.0746. The van der Waals surface area contributed by atoms with E-state index in [0.29, 0.717) is 6.61 Å². The number of hydrogen-bond acceptors (Lipinski definition) is 3. The van der Waals surface area contributed by atoms with Gasteiger partial charge in [-0.3, -0.25) is 0 Å². The van der Waals surface area contributed by atoms with Crippen LogP contribution >= 0.6 is 31.9 Å². The van der Waals surface area contributed by atoms with Crippen LogP contribution < -0.4 is 10.1 Å². The summed E-state index contributed by atoms with van der Waals surface area (Å²) in [7, 11) is 0. The standard InChI is InChI=1S/C14H11Br2NO2/c15-10-2-1-3-11(16)14(10)17-12-7-19-13-6-8(18)4-5-9(12)13/h1-6,12,17-18H,7H2. The van der Waals surface area contributed by atoms with E-state index in [1.165, 1.54) is 0 Å². The normalized spacial score (nSPS) is 16.8. The van der Waals surface area contributed by atoms with E-state index < -0.39 is 0 Å². The fourth-order valence-corrected chi connectivity index (χ4v) is 3.36. The molecule has 1 unspecified atom stereocenters. The lowest BCUT2D eigenvalue weighted by Crippen LogP contribution is -2.12. The highest BCUT2D eigenvalue weighted by Crippen LogP contribution is 2.39. The van der Waals surface area contributed by atoms with Crippen LogP contribution in [0.5, 0.6) is 11.5 Å². The summed E-state index contributed by atoms with van der Waals surface area (Å²) in [5.74, 6) is 0.960. The van der Waals surface area contributed by atoms with Crippen LogP contribution in [0, 0.1) is 0 Å². The zero-order chi connectivity index (χ0) is 13.4. The van der Waals surface area contributed by atoms with Gasteiger partial charge in [0.25, 0.3) is 0 Å². The van der Waals surface area contributed by atoms with Crippen molar-refractivity contribution in [2.45, 2.75) is 6.04 Å². The first-order valence-corrected chi connectivity index (χ1v) is 7.40. The molecule has 0 saturated heterocycles. The summed E-state index contributed by atoms with van der Waals surface area (Å²) in [6, 6.07) is 11.2. The number of ether oxygens (including phenoxy) is 1. The number of para-hydroxylation sites is 1. The van der Waals surface area contributed by atoms with Crippen molar-refractivity contribution in [2.75, 3.05) is 11.9 Å². The number of phenols is 1. The van der Waals surface area contributed by atoms with E-state index in [1.54, 1.807) is 12.1 Å². The number of nitrogens with one attached hydrogen (secondary N) is 1. The van der Waals surface area contributed by atoms with E-state index in [1.807, 2.05) is 24.3 Å². The van der Waals surface area contributed by atoms with Gasteiger partial charge >= 0.3 is 0 Å². The van der Waals surface area contributed by atoms with E-state index in [4.69, 9.17) is 4.74 Å². The van der Waals surface area contributed by atoms with Gasteiger partial charge in [-0.15, -0.1) is 0 Å². The summed E-state index contributed by atoms with van der Waals surface area (Å²) in [4.78, 5) is 0. The lowest BCUT2D eigenvalue weighted by molar-refractivity contribution is 0.338. The summed E-state index contributed by atoms with van der Waals surface area (Å²) >= 11 is 7.07. The zero-order valence-electron chi connectivity index (χ0n) is 9.86. The highest BCUT2D eigenvalue weighted by atomic mass is 79.9. The molecule has 1 heterocycles. The molecule has 2 N–H and O–H groups in total. The molecule has 0 amide bonds. The lowest BCUT2D eigenvalue weighted by Gasteiger charge is -2.16. The van der Waals surface area contributed by atoms with Crippen molar-refractivity contribution in [1.82, 2.24) is 0 Å². The van der Waals surface area contributed by atoms with E-state index in [0.717, 1.165) is 25.9 Å². The monoisotopic (exact) mass is 383 g/mol. The first kappa shape index (κ1) is 12.8. The number of halogens is 2. The summed E-state index contributed by atoms with van der Waals surface area (Å²) in [6.07, 6.45) is 0. The minimum absolute atomic E-state index is 0.0746. The molecule has 19 heavy (non-hydrogen) atoms. The molecule has 0 aromatic heterocycles. The predicted molar refractivity (Wildman–Crippen MR) is 81.8 cm³/mol. The third-order valence-electron chi connectivity index (χ3n) is 3.06. The van der Waals surface area contributed by atoms with Crippen LogP contribution in [0.2, 0.25) is 0 Å². The summed E-state index contributed by atoms with van der Waals surface area (Å²) < 4.78 is 7.58. The molecule has 2 aromatic rings. The topological polar surface area (TPSA) is 41.5 Å². The Morgan fingerprint density at radius 2 is 1.89 bits per heavy atom. The molecular weight excluding hydrogens is 374 g/mol. The van der Waals surface area contributed by atoms with Crippen LogP contribution in [-0.4, -0.2) is 11.7 Å². The number of phenolic OH excluding ortho intramolecular Hbond substituents is 1. The average molecular weight is 385 g/mol. The van der Waals surface area contributed by atoms with Crippen LogP contribution in [0.25, 0.3) is 0 Å². The van der Waals surface area contributed by atoms with Gasteiger partial charge in [0.2, 0.25) is 0 Å². The Morgan fingerprint density at radius 3 is 2.63 bits per heavy atom. The second-order valence-electron chi connectivity index (χ2n) is 4.33. The van der Waals surface area contributed by atoms with Gasteiger partial charge in [-0.05, 0) is 56.1 Å². The van der Waals surface area contributed by atoms with Gasteiger partial charge in [-0.1, -0.05) is 6.07 Å². The Morgan fingerprint density at radius 1 is 1.16 bits per heavy atom. The molecule has 1 atom stereocenters. The summed E-state index contributed by atoms with van der Waals surface area (Å²) in [6.45, 7) is 0.548. The molecule has 0 bridgehead atoms. The second-order valence-corrected chi connectivity index (χ2v) is 6.04. The number of anilines is 1. The third-order valence-corrected chi connectivity index (χ3v) is 4.38. The van der Waals surface area contributed by atoms with Crippen LogP contribution in [-0.2, 0) is 0 Å². The van der Waals surface area contributed by atoms with Crippen molar-refractivity contribution in [1.29, 1.82) is 0 Å². The maximum absolute atomic E-state index is 9.45. The molecule has 1 aliphatic rings. The van der Waals surface area contributed by atoms with Crippen LogP contribution in [0.4, 0.5) is 5.69 Å². The van der Waals surface area contributed by atoms with E-state index >= 15 is 0 Å². The molecule has 98 valence electrons. The van der Waals surface area contributed by atoms with Crippen molar-refractivity contribution >= 4 is 37.5 Å². The molecule has 2 aromatic carbocycles. The highest BCUT2D eigenvalue weighted by molar-refractivity contribution is 9.11. The molecule has 0 fully saturated rings. The Bertz CT molecular complexity index is 611. The fraction of sp³-hybridized carbons (Fsp3) is 0.143. The minimum Gasteiger partial charge on any atom is -0.508 e. The Labute approximate surface area is 127 Å². The molecule has 0 radical (unpaired) electrons. The number of aromatic hydroxyl groups is 1. The Kier molecular flexibility index (Phi) is 3.41. The molecule has 5 heteroatoms. The van der Waals surface area contributed by atoms with Gasteiger partial charge < -0.3 is 15.2 Å². The number of benzene rings is 2. The van der Waals surface area contributed by atoms with E-state index in [-0.39, 0.29) is 11.8 Å². The molecule has 3 rings (SSSR count). The largest absolute Gasteiger partial charge is 0.508 e. The van der Waals surface area contributed by atoms with Gasteiger partial charge in [0.1, 0.15) is 18.1 Å². The number of fused-ring (bicyclic) bond motifs is 1. The highest BCUT2D eigenvalue weighted by Gasteiger charge is 2.25. The molecule has 0 saturated carbocycles. The van der Waals surface area contributed by atoms with Crippen LogP contribution in [0.1, 0.15) is 11.6 Å². The molecule has 0 spiro atoms. The number of hydrogen-bond donors (Lipinski definition) is 2. The average Bonchev–Trinajstić information content (AvgIpc) is 2.76. The first-order valence-electron chi connectivity index (χ1n) is 5.81. The quantitative estimate of drug-likeness (QED) is 0.802. The van der Waals surface area contributed by atoms with Crippen LogP contribution in [0.15, 0.2) is 45.3 Å². The van der Waals surface area contributed by atoms with Crippen molar-refractivity contribution in [3.05, 3.63) is 50.9 Å². The summed E-state index contributed by atoms with van der Waals surface area (Å²) in [5.41, 5.74) is 2.05. The van der Waals surface area contributed by atoms with E-state index in [9.17, 15) is 5.11 Å². The molecule has 3 nitrogen and oxygen atoms in total. The lowest BCUT2D eigenvalue weighted by atomic mass is 10.1. The van der Waals surface area contributed by atoms with E-state index in [2.05, 4.69) is 37.2 Å².